The van der Waals surface area contributed by atoms with Crippen LogP contribution in [0.2, 0.25) is 0 Å². The van der Waals surface area contributed by atoms with E-state index in [1.165, 1.54) is 19.6 Å². The standard InChI is InChI=1S/C21H20N4O4S/c1-12-18(20(27)25-15-5-3-4-6-16(15)28-2)19(13-7-8-29-10-13)14(9-22)21(24-12)30-11-17(23)26/h3-8,10,14,19H,11H2,1-2H3,(H2,23,26)(H,25,27). The van der Waals surface area contributed by atoms with Gasteiger partial charge in [-0.05, 0) is 30.7 Å². The van der Waals surface area contributed by atoms with Gasteiger partial charge in [0, 0.05) is 17.2 Å². The molecule has 1 aromatic carbocycles. The number of ether oxygens (including phenoxy) is 1. The van der Waals surface area contributed by atoms with E-state index in [0.717, 1.165) is 11.8 Å². The molecule has 0 bridgehead atoms. The van der Waals surface area contributed by atoms with Crippen LogP contribution in [0.15, 0.2) is 63.5 Å². The number of aliphatic imine (C=N–C) groups is 1. The van der Waals surface area contributed by atoms with E-state index >= 15 is 0 Å². The number of nitrogens with zero attached hydrogens (tertiary/aromatic N) is 2. The second kappa shape index (κ2) is 9.33. The van der Waals surface area contributed by atoms with Crippen molar-refractivity contribution in [1.29, 1.82) is 5.26 Å². The summed E-state index contributed by atoms with van der Waals surface area (Å²) in [4.78, 5) is 29.0. The molecule has 0 spiro atoms. The highest BCUT2D eigenvalue weighted by Crippen LogP contribution is 2.41. The molecule has 0 fully saturated rings. The number of thioether (sulfide) groups is 1. The average Bonchev–Trinajstić information content (AvgIpc) is 3.26. The lowest BCUT2D eigenvalue weighted by atomic mass is 9.79. The molecule has 1 aliphatic rings. The monoisotopic (exact) mass is 424 g/mol. The van der Waals surface area contributed by atoms with Gasteiger partial charge in [0.2, 0.25) is 5.91 Å². The Hall–Kier alpha value is -3.51. The van der Waals surface area contributed by atoms with Gasteiger partial charge in [-0.3, -0.25) is 9.59 Å². The Balaban J connectivity index is 2.04. The number of amides is 2. The number of allylic oxidation sites excluding steroid dienone is 1. The number of benzene rings is 1. The maximum Gasteiger partial charge on any atom is 0.254 e. The molecule has 1 aliphatic heterocycles. The number of hydrogen-bond acceptors (Lipinski definition) is 7. The molecule has 3 N–H and O–H groups in total. The minimum absolute atomic E-state index is 0.00879. The molecule has 2 aromatic rings. The molecule has 0 saturated heterocycles. The van der Waals surface area contributed by atoms with Crippen molar-refractivity contribution in [3.8, 4) is 11.8 Å². The van der Waals surface area contributed by atoms with Crippen molar-refractivity contribution < 1.29 is 18.7 Å². The predicted octanol–water partition coefficient (Wildman–Crippen LogP) is 3.05. The van der Waals surface area contributed by atoms with Crippen molar-refractivity contribution in [2.45, 2.75) is 12.8 Å². The summed E-state index contributed by atoms with van der Waals surface area (Å²) in [7, 11) is 1.52. The number of carbonyl (C=O) groups excluding carboxylic acids is 2. The number of anilines is 1. The molecule has 0 radical (unpaired) electrons. The summed E-state index contributed by atoms with van der Waals surface area (Å²) in [6.45, 7) is 1.70. The summed E-state index contributed by atoms with van der Waals surface area (Å²) in [6, 6.07) is 11.0. The number of rotatable bonds is 6. The van der Waals surface area contributed by atoms with Crippen molar-refractivity contribution in [1.82, 2.24) is 0 Å². The molecule has 2 heterocycles. The van der Waals surface area contributed by atoms with Gasteiger partial charge in [-0.15, -0.1) is 0 Å². The van der Waals surface area contributed by atoms with Gasteiger partial charge >= 0.3 is 0 Å². The van der Waals surface area contributed by atoms with Crippen LogP contribution in [-0.2, 0) is 9.59 Å². The molecule has 8 nitrogen and oxygen atoms in total. The van der Waals surface area contributed by atoms with E-state index in [9.17, 15) is 14.9 Å². The SMILES string of the molecule is COc1ccccc1NC(=O)C1=C(C)N=C(SCC(N)=O)C(C#N)C1c1ccoc1. The number of nitrogens with one attached hydrogen (secondary N) is 1. The van der Waals surface area contributed by atoms with Crippen LogP contribution in [-0.4, -0.2) is 29.7 Å². The minimum atomic E-state index is -0.769. The number of primary amides is 1. The van der Waals surface area contributed by atoms with E-state index in [1.807, 2.05) is 0 Å². The molecule has 0 saturated carbocycles. The summed E-state index contributed by atoms with van der Waals surface area (Å²) in [5.41, 5.74) is 7.21. The van der Waals surface area contributed by atoms with Crippen LogP contribution in [0.4, 0.5) is 5.69 Å². The third kappa shape index (κ3) is 4.39. The Morgan fingerprint density at radius 2 is 2.13 bits per heavy atom. The average molecular weight is 424 g/mol. The number of para-hydroxylation sites is 2. The van der Waals surface area contributed by atoms with Crippen molar-refractivity contribution in [2.75, 3.05) is 18.2 Å². The van der Waals surface area contributed by atoms with Crippen molar-refractivity contribution in [2.24, 2.45) is 16.6 Å². The van der Waals surface area contributed by atoms with E-state index in [2.05, 4.69) is 16.4 Å². The molecule has 0 aliphatic carbocycles. The second-order valence-corrected chi connectivity index (χ2v) is 7.50. The quantitative estimate of drug-likeness (QED) is 0.733. The Morgan fingerprint density at radius 3 is 2.77 bits per heavy atom. The highest BCUT2D eigenvalue weighted by molar-refractivity contribution is 8.14. The lowest BCUT2D eigenvalue weighted by Crippen LogP contribution is -2.31. The van der Waals surface area contributed by atoms with Gasteiger partial charge in [0.25, 0.3) is 5.91 Å². The molecule has 30 heavy (non-hydrogen) atoms. The Labute approximate surface area is 177 Å². The van der Waals surface area contributed by atoms with Gasteiger partial charge in [-0.1, -0.05) is 23.9 Å². The molecular weight excluding hydrogens is 404 g/mol. The van der Waals surface area contributed by atoms with E-state index < -0.39 is 23.7 Å². The third-order valence-electron chi connectivity index (χ3n) is 4.58. The first-order valence-electron chi connectivity index (χ1n) is 9.02. The number of nitriles is 1. The molecule has 3 rings (SSSR count). The number of hydrogen-bond donors (Lipinski definition) is 2. The van der Waals surface area contributed by atoms with Crippen LogP contribution in [0, 0.1) is 17.2 Å². The molecule has 154 valence electrons. The zero-order chi connectivity index (χ0) is 21.7. The van der Waals surface area contributed by atoms with E-state index in [1.54, 1.807) is 37.3 Å². The molecule has 2 unspecified atom stereocenters. The van der Waals surface area contributed by atoms with Gasteiger partial charge in [0.15, 0.2) is 0 Å². The van der Waals surface area contributed by atoms with E-state index in [0.29, 0.717) is 33.3 Å². The molecular formula is C21H20N4O4S. The van der Waals surface area contributed by atoms with Crippen LogP contribution in [0.5, 0.6) is 5.75 Å². The first-order valence-corrected chi connectivity index (χ1v) is 10.0. The summed E-state index contributed by atoms with van der Waals surface area (Å²) >= 11 is 1.10. The Kier molecular flexibility index (Phi) is 6.59. The summed E-state index contributed by atoms with van der Waals surface area (Å²) in [5, 5.41) is 13.2. The van der Waals surface area contributed by atoms with Gasteiger partial charge < -0.3 is 20.2 Å². The minimum Gasteiger partial charge on any atom is -0.495 e. The summed E-state index contributed by atoms with van der Waals surface area (Å²) < 4.78 is 10.5. The van der Waals surface area contributed by atoms with E-state index in [-0.39, 0.29) is 5.75 Å². The van der Waals surface area contributed by atoms with Crippen LogP contribution in [0.3, 0.4) is 0 Å². The smallest absolute Gasteiger partial charge is 0.254 e. The van der Waals surface area contributed by atoms with Gasteiger partial charge in [-0.2, -0.15) is 5.26 Å². The number of carbonyl (C=O) groups is 2. The first-order chi connectivity index (χ1) is 14.5. The zero-order valence-electron chi connectivity index (χ0n) is 16.4. The zero-order valence-corrected chi connectivity index (χ0v) is 17.2. The van der Waals surface area contributed by atoms with Crippen LogP contribution < -0.4 is 15.8 Å². The van der Waals surface area contributed by atoms with Gasteiger partial charge in [-0.25, -0.2) is 4.99 Å². The van der Waals surface area contributed by atoms with Crippen molar-refractivity contribution >= 4 is 34.3 Å². The maximum absolute atomic E-state index is 13.3. The fraction of sp³-hybridized carbons (Fsp3) is 0.238. The molecule has 1 aromatic heterocycles. The number of nitrogens with two attached hydrogens (primary N) is 1. The van der Waals surface area contributed by atoms with Crippen molar-refractivity contribution in [3.63, 3.8) is 0 Å². The molecule has 2 atom stereocenters. The van der Waals surface area contributed by atoms with Gasteiger partial charge in [0.1, 0.15) is 11.7 Å². The molecule has 2 amide bonds. The molecule has 9 heteroatoms. The topological polar surface area (TPSA) is 131 Å². The Morgan fingerprint density at radius 1 is 1.37 bits per heavy atom. The fourth-order valence-electron chi connectivity index (χ4n) is 3.28. The normalized spacial score (nSPS) is 18.4. The highest BCUT2D eigenvalue weighted by atomic mass is 32.2. The Bertz CT molecular complexity index is 1050. The van der Waals surface area contributed by atoms with E-state index in [4.69, 9.17) is 14.9 Å². The van der Waals surface area contributed by atoms with Crippen LogP contribution in [0.1, 0.15) is 18.4 Å². The lowest BCUT2D eigenvalue weighted by Gasteiger charge is -2.29. The predicted molar refractivity (Wildman–Crippen MR) is 114 cm³/mol. The number of furan rings is 1. The van der Waals surface area contributed by atoms with Crippen LogP contribution in [0.25, 0.3) is 0 Å². The third-order valence-corrected chi connectivity index (χ3v) is 5.65. The first kappa shape index (κ1) is 21.2. The highest BCUT2D eigenvalue weighted by Gasteiger charge is 2.39. The largest absolute Gasteiger partial charge is 0.495 e. The van der Waals surface area contributed by atoms with Gasteiger partial charge in [0.05, 0.1) is 42.2 Å². The van der Waals surface area contributed by atoms with Crippen molar-refractivity contribution in [3.05, 3.63) is 59.7 Å². The lowest BCUT2D eigenvalue weighted by molar-refractivity contribution is -0.115. The fourth-order valence-corrected chi connectivity index (χ4v) is 4.14. The summed E-state index contributed by atoms with van der Waals surface area (Å²) in [5.74, 6) is -1.79. The summed E-state index contributed by atoms with van der Waals surface area (Å²) in [6.07, 6.45) is 2.98. The van der Waals surface area contributed by atoms with Crippen LogP contribution >= 0.6 is 11.8 Å². The number of methoxy groups -OCH3 is 1. The second-order valence-electron chi connectivity index (χ2n) is 6.50. The maximum atomic E-state index is 13.3.